The van der Waals surface area contributed by atoms with Crippen molar-refractivity contribution in [2.24, 2.45) is 0 Å². The Morgan fingerprint density at radius 2 is 2.38 bits per heavy atom. The van der Waals surface area contributed by atoms with Gasteiger partial charge in [0, 0.05) is 11.6 Å². The van der Waals surface area contributed by atoms with Gasteiger partial charge < -0.3 is 9.88 Å². The van der Waals surface area contributed by atoms with Gasteiger partial charge in [-0.1, -0.05) is 23.4 Å². The Morgan fingerprint density at radius 1 is 1.57 bits per heavy atom. The molecule has 1 N–H and O–H groups in total. The number of hydrogen-bond donors (Lipinski definition) is 1. The summed E-state index contributed by atoms with van der Waals surface area (Å²) in [5, 5.41) is 20.5. The summed E-state index contributed by atoms with van der Waals surface area (Å²) in [6.45, 7) is 2.71. The molecule has 1 amide bonds. The third-order valence-electron chi connectivity index (χ3n) is 2.63. The van der Waals surface area contributed by atoms with Crippen molar-refractivity contribution in [3.05, 3.63) is 35.1 Å². The van der Waals surface area contributed by atoms with E-state index in [0.717, 1.165) is 6.54 Å². The lowest BCUT2D eigenvalue weighted by molar-refractivity contribution is -0.113. The molecule has 21 heavy (non-hydrogen) atoms. The smallest absolute Gasteiger partial charge is 0.234 e. The second kappa shape index (κ2) is 7.11. The van der Waals surface area contributed by atoms with E-state index >= 15 is 0 Å². The standard InChI is InChI=1S/C13H12ClN5OS/c1-2-19-8-16-18-13(19)21-7-12(20)17-11-5-10(14)4-3-9(11)6-15/h3-5,8H,2,7H2,1H3,(H,17,20). The zero-order valence-electron chi connectivity index (χ0n) is 11.2. The number of anilines is 1. The number of nitrogens with zero attached hydrogens (tertiary/aromatic N) is 4. The Kier molecular flexibility index (Phi) is 5.20. The first-order valence-electron chi connectivity index (χ1n) is 6.14. The first-order chi connectivity index (χ1) is 10.1. The van der Waals surface area contributed by atoms with Gasteiger partial charge in [-0.25, -0.2) is 0 Å². The zero-order valence-corrected chi connectivity index (χ0v) is 12.8. The van der Waals surface area contributed by atoms with Gasteiger partial charge in [0.05, 0.1) is 17.0 Å². The van der Waals surface area contributed by atoms with Crippen LogP contribution in [0.4, 0.5) is 5.69 Å². The fourth-order valence-corrected chi connectivity index (χ4v) is 2.56. The molecule has 0 saturated carbocycles. The van der Waals surface area contributed by atoms with Gasteiger partial charge in [-0.3, -0.25) is 4.79 Å². The van der Waals surface area contributed by atoms with Crippen LogP contribution in [-0.4, -0.2) is 26.4 Å². The van der Waals surface area contributed by atoms with Gasteiger partial charge in [0.1, 0.15) is 12.4 Å². The van der Waals surface area contributed by atoms with Crippen LogP contribution < -0.4 is 5.32 Å². The first-order valence-corrected chi connectivity index (χ1v) is 7.50. The Balaban J connectivity index is 1.99. The molecule has 0 radical (unpaired) electrons. The number of nitriles is 1. The minimum Gasteiger partial charge on any atom is -0.324 e. The predicted molar refractivity (Wildman–Crippen MR) is 81.2 cm³/mol. The number of halogens is 1. The molecule has 2 rings (SSSR count). The van der Waals surface area contributed by atoms with E-state index in [2.05, 4.69) is 15.5 Å². The Morgan fingerprint density at radius 3 is 3.10 bits per heavy atom. The zero-order chi connectivity index (χ0) is 15.2. The Labute approximate surface area is 131 Å². The molecule has 108 valence electrons. The van der Waals surface area contributed by atoms with Crippen LogP contribution in [0, 0.1) is 11.3 Å². The van der Waals surface area contributed by atoms with Crippen LogP contribution in [0.2, 0.25) is 5.02 Å². The Hall–Kier alpha value is -2.04. The van der Waals surface area contributed by atoms with Crippen LogP contribution in [0.25, 0.3) is 0 Å². The minimum atomic E-state index is -0.232. The van der Waals surface area contributed by atoms with Crippen LogP contribution in [0.1, 0.15) is 12.5 Å². The van der Waals surface area contributed by atoms with Gasteiger partial charge in [-0.2, -0.15) is 5.26 Å². The average molecular weight is 322 g/mol. The molecule has 1 heterocycles. The van der Waals surface area contributed by atoms with Crippen LogP contribution >= 0.6 is 23.4 Å². The highest BCUT2D eigenvalue weighted by Gasteiger charge is 2.10. The van der Waals surface area contributed by atoms with E-state index in [4.69, 9.17) is 16.9 Å². The minimum absolute atomic E-state index is 0.177. The molecule has 0 aliphatic heterocycles. The van der Waals surface area contributed by atoms with E-state index < -0.39 is 0 Å². The number of thioether (sulfide) groups is 1. The number of carbonyl (C=O) groups is 1. The molecule has 1 aromatic heterocycles. The summed E-state index contributed by atoms with van der Waals surface area (Å²) in [7, 11) is 0. The molecule has 0 unspecified atom stereocenters. The second-order valence-corrected chi connectivity index (χ2v) is 5.42. The molecule has 0 bridgehead atoms. The molecule has 0 aliphatic carbocycles. The van der Waals surface area contributed by atoms with Crippen molar-refractivity contribution in [3.8, 4) is 6.07 Å². The van der Waals surface area contributed by atoms with Crippen molar-refractivity contribution in [3.63, 3.8) is 0 Å². The van der Waals surface area contributed by atoms with Crippen molar-refractivity contribution < 1.29 is 4.79 Å². The monoisotopic (exact) mass is 321 g/mol. The highest BCUT2D eigenvalue weighted by molar-refractivity contribution is 7.99. The number of aromatic nitrogens is 3. The molecule has 6 nitrogen and oxygen atoms in total. The summed E-state index contributed by atoms with van der Waals surface area (Å²) in [5.74, 6) is -0.0554. The van der Waals surface area contributed by atoms with Crippen molar-refractivity contribution in [1.82, 2.24) is 14.8 Å². The van der Waals surface area contributed by atoms with Gasteiger partial charge in [-0.05, 0) is 25.1 Å². The second-order valence-electron chi connectivity index (χ2n) is 4.04. The van der Waals surface area contributed by atoms with Gasteiger partial charge in [-0.15, -0.1) is 10.2 Å². The van der Waals surface area contributed by atoms with Crippen molar-refractivity contribution in [2.45, 2.75) is 18.6 Å². The maximum absolute atomic E-state index is 11.9. The van der Waals surface area contributed by atoms with Crippen molar-refractivity contribution in [1.29, 1.82) is 5.26 Å². The largest absolute Gasteiger partial charge is 0.324 e. The number of aryl methyl sites for hydroxylation is 1. The third kappa shape index (κ3) is 3.97. The van der Waals surface area contributed by atoms with Crippen LogP contribution in [0.5, 0.6) is 0 Å². The summed E-state index contributed by atoms with van der Waals surface area (Å²) < 4.78 is 1.85. The number of carbonyl (C=O) groups excluding carboxylic acids is 1. The lowest BCUT2D eigenvalue weighted by atomic mass is 10.2. The fourth-order valence-electron chi connectivity index (χ4n) is 1.61. The van der Waals surface area contributed by atoms with Crippen LogP contribution in [0.3, 0.4) is 0 Å². The Bertz CT molecular complexity index is 694. The van der Waals surface area contributed by atoms with E-state index in [-0.39, 0.29) is 11.7 Å². The average Bonchev–Trinajstić information content (AvgIpc) is 2.93. The van der Waals surface area contributed by atoms with E-state index in [0.29, 0.717) is 21.4 Å². The molecule has 2 aromatic rings. The lowest BCUT2D eigenvalue weighted by Gasteiger charge is -2.07. The SMILES string of the molecule is CCn1cnnc1SCC(=O)Nc1cc(Cl)ccc1C#N. The summed E-state index contributed by atoms with van der Waals surface area (Å²) in [4.78, 5) is 11.9. The molecule has 0 spiro atoms. The first kappa shape index (κ1) is 15.4. The number of benzene rings is 1. The van der Waals surface area contributed by atoms with E-state index in [1.54, 1.807) is 24.5 Å². The number of amides is 1. The van der Waals surface area contributed by atoms with Gasteiger partial charge in [0.15, 0.2) is 5.16 Å². The topological polar surface area (TPSA) is 83.6 Å². The third-order valence-corrected chi connectivity index (χ3v) is 3.85. The maximum Gasteiger partial charge on any atom is 0.234 e. The molecule has 8 heteroatoms. The summed E-state index contributed by atoms with van der Waals surface area (Å²) in [6.07, 6.45) is 1.62. The van der Waals surface area contributed by atoms with Gasteiger partial charge in [0.25, 0.3) is 0 Å². The molecule has 0 atom stereocenters. The predicted octanol–water partition coefficient (Wildman–Crippen LogP) is 2.55. The number of nitrogens with one attached hydrogen (secondary N) is 1. The molecular formula is C13H12ClN5OS. The van der Waals surface area contributed by atoms with Gasteiger partial charge in [0.2, 0.25) is 5.91 Å². The van der Waals surface area contributed by atoms with Gasteiger partial charge >= 0.3 is 0 Å². The van der Waals surface area contributed by atoms with E-state index in [1.165, 1.54) is 11.8 Å². The quantitative estimate of drug-likeness (QED) is 0.856. The summed E-state index contributed by atoms with van der Waals surface area (Å²) >= 11 is 7.15. The number of hydrogen-bond acceptors (Lipinski definition) is 5. The highest BCUT2D eigenvalue weighted by atomic mass is 35.5. The highest BCUT2D eigenvalue weighted by Crippen LogP contribution is 2.21. The summed E-state index contributed by atoms with van der Waals surface area (Å²) in [5.41, 5.74) is 0.780. The van der Waals surface area contributed by atoms with E-state index in [1.807, 2.05) is 17.6 Å². The van der Waals surface area contributed by atoms with Crippen LogP contribution in [0.15, 0.2) is 29.7 Å². The fraction of sp³-hybridized carbons (Fsp3) is 0.231. The van der Waals surface area contributed by atoms with Crippen molar-refractivity contribution >= 4 is 35.0 Å². The molecule has 0 saturated heterocycles. The number of rotatable bonds is 5. The molecular weight excluding hydrogens is 310 g/mol. The maximum atomic E-state index is 11.9. The molecule has 1 aromatic carbocycles. The van der Waals surface area contributed by atoms with Crippen LogP contribution in [-0.2, 0) is 11.3 Å². The lowest BCUT2D eigenvalue weighted by Crippen LogP contribution is -2.15. The van der Waals surface area contributed by atoms with E-state index in [9.17, 15) is 4.79 Å². The summed E-state index contributed by atoms with van der Waals surface area (Å²) in [6, 6.07) is 6.74. The molecule has 0 aliphatic rings. The van der Waals surface area contributed by atoms with Crippen molar-refractivity contribution in [2.75, 3.05) is 11.1 Å². The normalized spacial score (nSPS) is 10.1. The molecule has 0 fully saturated rings.